The van der Waals surface area contributed by atoms with Gasteiger partial charge in [-0.3, -0.25) is 14.4 Å². The first-order valence-corrected chi connectivity index (χ1v) is 10.0. The molecule has 0 bridgehead atoms. The van der Waals surface area contributed by atoms with Crippen LogP contribution in [0.4, 0.5) is 5.13 Å². The minimum Gasteiger partial charge on any atom is -0.331 e. The maximum absolute atomic E-state index is 12.8. The van der Waals surface area contributed by atoms with Gasteiger partial charge in [0.2, 0.25) is 11.8 Å². The average Bonchev–Trinajstić information content (AvgIpc) is 3.43. The number of nitrogens with zero attached hydrogens (tertiary/aromatic N) is 3. The summed E-state index contributed by atoms with van der Waals surface area (Å²) >= 11 is 1.34. The number of amides is 3. The molecule has 8 heteroatoms. The number of benzene rings is 1. The number of likely N-dealkylation sites (tertiary alicyclic amines) is 1. The van der Waals surface area contributed by atoms with E-state index in [4.69, 9.17) is 0 Å². The first-order valence-electron chi connectivity index (χ1n) is 9.16. The summed E-state index contributed by atoms with van der Waals surface area (Å²) in [7, 11) is 0. The molecule has 0 aliphatic carbocycles. The van der Waals surface area contributed by atoms with E-state index < -0.39 is 6.04 Å². The predicted octanol–water partition coefficient (Wildman–Crippen LogP) is 2.59. The average molecular weight is 396 g/mol. The Bertz CT molecular complexity index is 906. The lowest BCUT2D eigenvalue weighted by atomic mass is 10.1. The van der Waals surface area contributed by atoms with Gasteiger partial charge < -0.3 is 15.1 Å². The predicted molar refractivity (Wildman–Crippen MR) is 107 cm³/mol. The highest BCUT2D eigenvalue weighted by atomic mass is 32.1. The number of hydrogen-bond donors (Lipinski definition) is 1. The zero-order chi connectivity index (χ0) is 19.7. The van der Waals surface area contributed by atoms with Crippen molar-refractivity contribution in [2.75, 3.05) is 18.4 Å². The van der Waals surface area contributed by atoms with Gasteiger partial charge in [-0.15, -0.1) is 11.3 Å². The van der Waals surface area contributed by atoms with Crippen LogP contribution in [0.15, 0.2) is 42.4 Å². The molecule has 4 rings (SSSR count). The van der Waals surface area contributed by atoms with E-state index in [-0.39, 0.29) is 30.7 Å². The molecular weight excluding hydrogens is 376 g/mol. The van der Waals surface area contributed by atoms with E-state index in [2.05, 4.69) is 16.9 Å². The molecule has 1 atom stereocenters. The summed E-state index contributed by atoms with van der Waals surface area (Å²) in [5.41, 5.74) is 2.04. The van der Waals surface area contributed by atoms with E-state index in [0.717, 1.165) is 12.0 Å². The standard InChI is InChI=1S/C20H20N4O3S/c1-13-14-5-2-3-6-15(14)19(27)23(13)11-8-17(25)24-10-4-7-16(24)18(26)22-20-21-9-12-28-20/h2-3,5-6,9,12,16H,1,4,7-8,10-11H2,(H,21,22,26). The second-order valence-corrected chi connectivity index (χ2v) is 7.67. The molecule has 3 amide bonds. The summed E-state index contributed by atoms with van der Waals surface area (Å²) in [6, 6.07) is 6.81. The minimum absolute atomic E-state index is 0.131. The zero-order valence-corrected chi connectivity index (χ0v) is 16.1. The number of fused-ring (bicyclic) bond motifs is 1. The summed E-state index contributed by atoms with van der Waals surface area (Å²) < 4.78 is 0. The maximum atomic E-state index is 12.8. The number of carbonyl (C=O) groups is 3. The molecule has 2 aromatic rings. The number of carbonyl (C=O) groups excluding carboxylic acids is 3. The molecule has 3 heterocycles. The Morgan fingerprint density at radius 3 is 2.79 bits per heavy atom. The highest BCUT2D eigenvalue weighted by Gasteiger charge is 2.36. The lowest BCUT2D eigenvalue weighted by Crippen LogP contribution is -2.44. The van der Waals surface area contributed by atoms with Gasteiger partial charge in [0.15, 0.2) is 5.13 Å². The number of thiazole rings is 1. The Balaban J connectivity index is 1.38. The number of anilines is 1. The van der Waals surface area contributed by atoms with Crippen LogP contribution in [0, 0.1) is 0 Å². The highest BCUT2D eigenvalue weighted by molar-refractivity contribution is 7.13. The Kier molecular flexibility index (Phi) is 4.95. The summed E-state index contributed by atoms with van der Waals surface area (Å²) in [4.78, 5) is 45.1. The van der Waals surface area contributed by atoms with Crippen LogP contribution in [-0.4, -0.2) is 51.6 Å². The zero-order valence-electron chi connectivity index (χ0n) is 15.3. The monoisotopic (exact) mass is 396 g/mol. The van der Waals surface area contributed by atoms with Gasteiger partial charge in [0.25, 0.3) is 5.91 Å². The van der Waals surface area contributed by atoms with E-state index >= 15 is 0 Å². The van der Waals surface area contributed by atoms with Crippen LogP contribution in [0.1, 0.15) is 35.2 Å². The normalized spacial score (nSPS) is 18.5. The second-order valence-electron chi connectivity index (χ2n) is 6.77. The second kappa shape index (κ2) is 7.55. The van der Waals surface area contributed by atoms with Crippen molar-refractivity contribution >= 4 is 39.9 Å². The summed E-state index contributed by atoms with van der Waals surface area (Å²) in [6.07, 6.45) is 3.18. The SMILES string of the molecule is C=C1c2ccccc2C(=O)N1CCC(=O)N1CCCC1C(=O)Nc1nccs1. The number of hydrogen-bond acceptors (Lipinski definition) is 5. The third-order valence-corrected chi connectivity index (χ3v) is 5.82. The molecule has 0 spiro atoms. The lowest BCUT2D eigenvalue weighted by molar-refractivity contribution is -0.136. The molecule has 1 saturated heterocycles. The molecular formula is C20H20N4O3S. The van der Waals surface area contributed by atoms with Gasteiger partial charge in [-0.2, -0.15) is 0 Å². The first-order chi connectivity index (χ1) is 13.6. The smallest absolute Gasteiger partial charge is 0.258 e. The number of rotatable bonds is 5. The fourth-order valence-electron chi connectivity index (χ4n) is 3.73. The molecule has 1 unspecified atom stereocenters. The van der Waals surface area contributed by atoms with Crippen LogP contribution in [0.25, 0.3) is 5.70 Å². The molecule has 0 radical (unpaired) electrons. The summed E-state index contributed by atoms with van der Waals surface area (Å²) in [6.45, 7) is 4.80. The molecule has 1 fully saturated rings. The van der Waals surface area contributed by atoms with Crippen molar-refractivity contribution in [3.63, 3.8) is 0 Å². The van der Waals surface area contributed by atoms with Crippen molar-refractivity contribution in [3.05, 3.63) is 53.5 Å². The molecule has 1 aromatic heterocycles. The molecule has 2 aliphatic rings. The van der Waals surface area contributed by atoms with Gasteiger partial charge in [0.1, 0.15) is 6.04 Å². The van der Waals surface area contributed by atoms with Crippen molar-refractivity contribution in [3.8, 4) is 0 Å². The molecule has 7 nitrogen and oxygen atoms in total. The van der Waals surface area contributed by atoms with Gasteiger partial charge in [0.05, 0.1) is 0 Å². The maximum Gasteiger partial charge on any atom is 0.258 e. The van der Waals surface area contributed by atoms with E-state index in [9.17, 15) is 14.4 Å². The van der Waals surface area contributed by atoms with Crippen molar-refractivity contribution in [1.82, 2.24) is 14.8 Å². The van der Waals surface area contributed by atoms with E-state index in [1.165, 1.54) is 11.3 Å². The number of aromatic nitrogens is 1. The molecule has 2 aliphatic heterocycles. The van der Waals surface area contributed by atoms with Crippen LogP contribution >= 0.6 is 11.3 Å². The first kappa shape index (κ1) is 18.4. The third kappa shape index (κ3) is 3.31. The Hall–Kier alpha value is -3.00. The van der Waals surface area contributed by atoms with E-state index in [1.54, 1.807) is 27.4 Å². The van der Waals surface area contributed by atoms with Crippen molar-refractivity contribution in [2.45, 2.75) is 25.3 Å². The van der Waals surface area contributed by atoms with Gasteiger partial charge in [-0.25, -0.2) is 4.98 Å². The van der Waals surface area contributed by atoms with Crippen LogP contribution in [0.2, 0.25) is 0 Å². The largest absolute Gasteiger partial charge is 0.331 e. The molecule has 144 valence electrons. The molecule has 28 heavy (non-hydrogen) atoms. The minimum atomic E-state index is -0.494. The van der Waals surface area contributed by atoms with Crippen molar-refractivity contribution in [1.29, 1.82) is 0 Å². The Labute approximate surface area is 166 Å². The van der Waals surface area contributed by atoms with Gasteiger partial charge in [0, 0.05) is 47.9 Å². The fourth-order valence-corrected chi connectivity index (χ4v) is 4.27. The molecule has 1 aromatic carbocycles. The van der Waals surface area contributed by atoms with Crippen molar-refractivity contribution < 1.29 is 14.4 Å². The van der Waals surface area contributed by atoms with Crippen LogP contribution in [0.5, 0.6) is 0 Å². The van der Waals surface area contributed by atoms with E-state index in [1.807, 2.05) is 18.2 Å². The van der Waals surface area contributed by atoms with Crippen LogP contribution < -0.4 is 5.32 Å². The Morgan fingerprint density at radius 1 is 1.29 bits per heavy atom. The van der Waals surface area contributed by atoms with Gasteiger partial charge in [-0.1, -0.05) is 24.8 Å². The van der Waals surface area contributed by atoms with E-state index in [0.29, 0.717) is 29.4 Å². The van der Waals surface area contributed by atoms with Gasteiger partial charge in [-0.05, 0) is 18.9 Å². The fraction of sp³-hybridized carbons (Fsp3) is 0.300. The molecule has 0 saturated carbocycles. The molecule has 1 N–H and O–H groups in total. The number of nitrogens with one attached hydrogen (secondary N) is 1. The summed E-state index contributed by atoms with van der Waals surface area (Å²) in [5, 5.41) is 5.08. The third-order valence-electron chi connectivity index (χ3n) is 5.13. The van der Waals surface area contributed by atoms with Crippen LogP contribution in [0.3, 0.4) is 0 Å². The topological polar surface area (TPSA) is 82.6 Å². The summed E-state index contributed by atoms with van der Waals surface area (Å²) in [5.74, 6) is -0.476. The Morgan fingerprint density at radius 2 is 2.07 bits per heavy atom. The highest BCUT2D eigenvalue weighted by Crippen LogP contribution is 2.31. The van der Waals surface area contributed by atoms with Crippen molar-refractivity contribution in [2.24, 2.45) is 0 Å². The van der Waals surface area contributed by atoms with Gasteiger partial charge >= 0.3 is 0 Å². The van der Waals surface area contributed by atoms with Crippen LogP contribution in [-0.2, 0) is 9.59 Å². The quantitative estimate of drug-likeness (QED) is 0.842. The lowest BCUT2D eigenvalue weighted by Gasteiger charge is -2.25.